The highest BCUT2D eigenvalue weighted by atomic mass is 16.5. The molecule has 4 heteroatoms. The molecule has 0 unspecified atom stereocenters. The summed E-state index contributed by atoms with van der Waals surface area (Å²) in [5, 5.41) is 7.11. The largest absolute Gasteiger partial charge is 0.361 e. The normalized spacial score (nSPS) is 10.8. The molecule has 0 aromatic rings. The first-order chi connectivity index (χ1) is 3.91. The van der Waals surface area contributed by atoms with Crippen LogP contribution in [0, 0.1) is 0 Å². The first-order valence-electron chi connectivity index (χ1n) is 2.23. The third-order valence-electron chi connectivity index (χ3n) is 0.474. The van der Waals surface area contributed by atoms with Crippen molar-refractivity contribution in [3.8, 4) is 0 Å². The Hall–Kier alpha value is -0.480. The highest BCUT2D eigenvalue weighted by molar-refractivity contribution is 4.16. The SMILES string of the molecule is COCN=NCOC. The highest BCUT2D eigenvalue weighted by Crippen LogP contribution is 1.75. The van der Waals surface area contributed by atoms with E-state index in [0.717, 1.165) is 0 Å². The lowest BCUT2D eigenvalue weighted by molar-refractivity contribution is 0.178. The number of ether oxygens (including phenoxy) is 2. The number of methoxy groups -OCH3 is 2. The molecule has 0 atom stereocenters. The van der Waals surface area contributed by atoms with Crippen LogP contribution in [0.4, 0.5) is 0 Å². The first-order valence-corrected chi connectivity index (χ1v) is 2.23. The van der Waals surface area contributed by atoms with E-state index in [1.807, 2.05) is 0 Å². The average molecular weight is 118 g/mol. The number of azo groups is 1. The Kier molecular flexibility index (Phi) is 6.13. The van der Waals surface area contributed by atoms with E-state index in [-0.39, 0.29) is 0 Å². The molecule has 0 rings (SSSR count). The van der Waals surface area contributed by atoms with Crippen LogP contribution in [-0.4, -0.2) is 27.7 Å². The molecule has 0 heterocycles. The van der Waals surface area contributed by atoms with Crippen molar-refractivity contribution >= 4 is 0 Å². The van der Waals surface area contributed by atoms with E-state index in [2.05, 4.69) is 19.7 Å². The van der Waals surface area contributed by atoms with Gasteiger partial charge in [0, 0.05) is 14.2 Å². The van der Waals surface area contributed by atoms with Crippen molar-refractivity contribution < 1.29 is 9.47 Å². The van der Waals surface area contributed by atoms with Crippen molar-refractivity contribution in [2.45, 2.75) is 0 Å². The summed E-state index contributed by atoms with van der Waals surface area (Å²) in [6.07, 6.45) is 0. The number of nitrogens with zero attached hydrogens (tertiary/aromatic N) is 2. The summed E-state index contributed by atoms with van der Waals surface area (Å²) in [6, 6.07) is 0. The van der Waals surface area contributed by atoms with Gasteiger partial charge in [-0.15, -0.1) is 0 Å². The van der Waals surface area contributed by atoms with Gasteiger partial charge in [0.2, 0.25) is 0 Å². The lowest BCUT2D eigenvalue weighted by Crippen LogP contribution is -1.83. The monoisotopic (exact) mass is 118 g/mol. The van der Waals surface area contributed by atoms with Crippen LogP contribution in [-0.2, 0) is 9.47 Å². The van der Waals surface area contributed by atoms with Gasteiger partial charge in [-0.25, -0.2) is 0 Å². The molecular formula is C4H10N2O2. The van der Waals surface area contributed by atoms with Gasteiger partial charge in [-0.2, -0.15) is 10.2 Å². The molecule has 4 nitrogen and oxygen atoms in total. The smallest absolute Gasteiger partial charge is 0.157 e. The Labute approximate surface area is 48.5 Å². The second kappa shape index (κ2) is 6.52. The molecule has 0 aromatic carbocycles. The molecule has 0 aromatic heterocycles. The molecule has 0 bridgehead atoms. The van der Waals surface area contributed by atoms with Crippen LogP contribution in [0.1, 0.15) is 0 Å². The van der Waals surface area contributed by atoms with Crippen LogP contribution in [0.3, 0.4) is 0 Å². The van der Waals surface area contributed by atoms with Crippen molar-refractivity contribution in [3.63, 3.8) is 0 Å². The van der Waals surface area contributed by atoms with E-state index in [4.69, 9.17) is 0 Å². The third kappa shape index (κ3) is 5.52. The second-order valence-electron chi connectivity index (χ2n) is 1.12. The first kappa shape index (κ1) is 7.52. The summed E-state index contributed by atoms with van der Waals surface area (Å²) in [5.41, 5.74) is 0. The topological polar surface area (TPSA) is 43.2 Å². The molecular weight excluding hydrogens is 108 g/mol. The lowest BCUT2D eigenvalue weighted by Gasteiger charge is -1.87. The van der Waals surface area contributed by atoms with Gasteiger partial charge in [0.05, 0.1) is 0 Å². The zero-order valence-corrected chi connectivity index (χ0v) is 5.13. The van der Waals surface area contributed by atoms with Crippen LogP contribution in [0.15, 0.2) is 10.2 Å². The van der Waals surface area contributed by atoms with E-state index in [1.54, 1.807) is 14.2 Å². The maximum absolute atomic E-state index is 4.57. The minimum Gasteiger partial charge on any atom is -0.361 e. The molecule has 0 N–H and O–H groups in total. The van der Waals surface area contributed by atoms with Crippen molar-refractivity contribution in [1.29, 1.82) is 0 Å². The van der Waals surface area contributed by atoms with Gasteiger partial charge in [-0.05, 0) is 0 Å². The number of hydrogen-bond acceptors (Lipinski definition) is 4. The molecule has 0 saturated carbocycles. The van der Waals surface area contributed by atoms with Crippen LogP contribution >= 0.6 is 0 Å². The molecule has 0 aliphatic heterocycles. The summed E-state index contributed by atoms with van der Waals surface area (Å²) in [4.78, 5) is 0. The Morgan fingerprint density at radius 2 is 1.38 bits per heavy atom. The van der Waals surface area contributed by atoms with E-state index in [9.17, 15) is 0 Å². The summed E-state index contributed by atoms with van der Waals surface area (Å²) >= 11 is 0. The van der Waals surface area contributed by atoms with Gasteiger partial charge in [-0.1, -0.05) is 0 Å². The van der Waals surface area contributed by atoms with Gasteiger partial charge in [0.25, 0.3) is 0 Å². The Bertz CT molecular complexity index is 57.1. The fourth-order valence-electron chi connectivity index (χ4n) is 0.197. The van der Waals surface area contributed by atoms with Crippen LogP contribution in [0.5, 0.6) is 0 Å². The molecule has 0 spiro atoms. The minimum atomic E-state index is 0.309. The highest BCUT2D eigenvalue weighted by Gasteiger charge is 1.71. The molecule has 0 fully saturated rings. The summed E-state index contributed by atoms with van der Waals surface area (Å²) in [5.74, 6) is 0. The standard InChI is InChI=1S/C4H10N2O2/c1-7-3-5-6-4-8-2/h3-4H2,1-2H3. The molecule has 0 aliphatic rings. The predicted molar refractivity (Wildman–Crippen MR) is 28.6 cm³/mol. The Morgan fingerprint density at radius 1 is 1.00 bits per heavy atom. The zero-order chi connectivity index (χ0) is 6.24. The van der Waals surface area contributed by atoms with Crippen LogP contribution in [0.2, 0.25) is 0 Å². The third-order valence-corrected chi connectivity index (χ3v) is 0.474. The van der Waals surface area contributed by atoms with Gasteiger partial charge in [0.15, 0.2) is 13.5 Å². The maximum Gasteiger partial charge on any atom is 0.157 e. The van der Waals surface area contributed by atoms with Crippen LogP contribution in [0.25, 0.3) is 0 Å². The van der Waals surface area contributed by atoms with Gasteiger partial charge >= 0.3 is 0 Å². The summed E-state index contributed by atoms with van der Waals surface area (Å²) in [6.45, 7) is 0.618. The van der Waals surface area contributed by atoms with E-state index >= 15 is 0 Å². The molecule has 0 amide bonds. The van der Waals surface area contributed by atoms with E-state index in [1.165, 1.54) is 0 Å². The minimum absolute atomic E-state index is 0.309. The van der Waals surface area contributed by atoms with Crippen molar-refractivity contribution in [1.82, 2.24) is 0 Å². The molecule has 0 radical (unpaired) electrons. The van der Waals surface area contributed by atoms with E-state index < -0.39 is 0 Å². The number of hydrogen-bond donors (Lipinski definition) is 0. The van der Waals surface area contributed by atoms with E-state index in [0.29, 0.717) is 13.5 Å². The predicted octanol–water partition coefficient (Wildman–Crippen LogP) is 0.646. The second-order valence-corrected chi connectivity index (χ2v) is 1.12. The molecule has 8 heavy (non-hydrogen) atoms. The average Bonchev–Trinajstić information content (AvgIpc) is 1.81. The van der Waals surface area contributed by atoms with Crippen molar-refractivity contribution in [3.05, 3.63) is 0 Å². The fourth-order valence-corrected chi connectivity index (χ4v) is 0.197. The summed E-state index contributed by atoms with van der Waals surface area (Å²) in [7, 11) is 3.12. The lowest BCUT2D eigenvalue weighted by atomic mass is 11.2. The Balaban J connectivity index is 2.83. The van der Waals surface area contributed by atoms with Crippen LogP contribution < -0.4 is 0 Å². The number of rotatable bonds is 4. The van der Waals surface area contributed by atoms with Crippen molar-refractivity contribution in [2.75, 3.05) is 27.7 Å². The van der Waals surface area contributed by atoms with Gasteiger partial charge < -0.3 is 9.47 Å². The fraction of sp³-hybridized carbons (Fsp3) is 1.00. The van der Waals surface area contributed by atoms with Gasteiger partial charge in [0.1, 0.15) is 0 Å². The quantitative estimate of drug-likeness (QED) is 0.508. The van der Waals surface area contributed by atoms with Crippen molar-refractivity contribution in [2.24, 2.45) is 10.2 Å². The maximum atomic E-state index is 4.57. The van der Waals surface area contributed by atoms with Gasteiger partial charge in [-0.3, -0.25) is 0 Å². The molecule has 0 aliphatic carbocycles. The molecule has 48 valence electrons. The zero-order valence-electron chi connectivity index (χ0n) is 5.13. The summed E-state index contributed by atoms with van der Waals surface area (Å²) < 4.78 is 9.14. The molecule has 0 saturated heterocycles. The Morgan fingerprint density at radius 3 is 1.62 bits per heavy atom.